The topological polar surface area (TPSA) is 58.1 Å². The Balaban J connectivity index is 1.70. The number of hydrogen-bond acceptors (Lipinski definition) is 4. The number of hydrogen-bond donors (Lipinski definition) is 2. The molecule has 0 saturated carbocycles. The number of methoxy groups -OCH3 is 1. The molecule has 0 amide bonds. The first kappa shape index (κ1) is 22.1. The average molecular weight is 403 g/mol. The van der Waals surface area contributed by atoms with E-state index in [4.69, 9.17) is 14.5 Å². The summed E-state index contributed by atoms with van der Waals surface area (Å²) in [6, 6.07) is 11.0. The summed E-state index contributed by atoms with van der Waals surface area (Å²) < 4.78 is 11.0. The molecule has 1 aromatic rings. The van der Waals surface area contributed by atoms with Gasteiger partial charge < -0.3 is 25.0 Å². The molecule has 0 bridgehead atoms. The van der Waals surface area contributed by atoms with Crippen molar-refractivity contribution in [2.75, 3.05) is 53.1 Å². The number of benzene rings is 1. The molecule has 0 aromatic heterocycles. The first-order valence-corrected chi connectivity index (χ1v) is 11.1. The lowest BCUT2D eigenvalue weighted by atomic mass is 9.88. The molecule has 2 aliphatic heterocycles. The molecule has 2 atom stereocenters. The van der Waals surface area contributed by atoms with Gasteiger partial charge in [0.1, 0.15) is 0 Å². The van der Waals surface area contributed by atoms with Crippen LogP contribution in [0.25, 0.3) is 0 Å². The predicted octanol–water partition coefficient (Wildman–Crippen LogP) is 2.82. The minimum atomic E-state index is -0.0279. The van der Waals surface area contributed by atoms with Gasteiger partial charge in [0.15, 0.2) is 5.96 Å². The summed E-state index contributed by atoms with van der Waals surface area (Å²) in [7, 11) is 1.79. The molecule has 29 heavy (non-hydrogen) atoms. The molecule has 2 heterocycles. The molecule has 0 aliphatic carbocycles. The highest BCUT2D eigenvalue weighted by Gasteiger charge is 2.34. The van der Waals surface area contributed by atoms with Crippen LogP contribution < -0.4 is 10.6 Å². The Morgan fingerprint density at radius 1 is 1.31 bits per heavy atom. The summed E-state index contributed by atoms with van der Waals surface area (Å²) in [5.74, 6) is 1.63. The fourth-order valence-corrected chi connectivity index (χ4v) is 4.44. The van der Waals surface area contributed by atoms with E-state index < -0.39 is 0 Å². The minimum Gasteiger partial charge on any atom is -0.384 e. The van der Waals surface area contributed by atoms with Crippen molar-refractivity contribution in [2.24, 2.45) is 10.9 Å². The lowest BCUT2D eigenvalue weighted by Crippen LogP contribution is -2.53. The van der Waals surface area contributed by atoms with Crippen molar-refractivity contribution in [1.29, 1.82) is 0 Å². The zero-order chi connectivity index (χ0) is 20.5. The highest BCUT2D eigenvalue weighted by atomic mass is 16.5. The largest absolute Gasteiger partial charge is 0.384 e. The normalized spacial score (nSPS) is 23.2. The van der Waals surface area contributed by atoms with Gasteiger partial charge >= 0.3 is 0 Å². The lowest BCUT2D eigenvalue weighted by Gasteiger charge is -2.40. The maximum Gasteiger partial charge on any atom is 0.193 e. The standard InChI is InChI=1S/C23H38N4O2/c1-4-24-22(27-13-10-20(16-27)17-28-3)25-18-23(11-14-29-15-12-23)26-19(2)21-8-6-5-7-9-21/h5-9,19-20,26H,4,10-18H2,1-3H3,(H,24,25). The Hall–Kier alpha value is -1.63. The lowest BCUT2D eigenvalue weighted by molar-refractivity contribution is 0.0373. The third kappa shape index (κ3) is 6.17. The maximum atomic E-state index is 5.68. The van der Waals surface area contributed by atoms with Gasteiger partial charge in [-0.2, -0.15) is 0 Å². The van der Waals surface area contributed by atoms with Crippen LogP contribution in [0.3, 0.4) is 0 Å². The second kappa shape index (κ2) is 11.0. The zero-order valence-corrected chi connectivity index (χ0v) is 18.3. The Kier molecular flexibility index (Phi) is 8.33. The Labute approximate surface area is 176 Å². The van der Waals surface area contributed by atoms with Gasteiger partial charge in [0.25, 0.3) is 0 Å². The maximum absolute atomic E-state index is 5.68. The molecule has 2 aliphatic rings. The number of nitrogens with zero attached hydrogens (tertiary/aromatic N) is 2. The van der Waals surface area contributed by atoms with Gasteiger partial charge in [0.2, 0.25) is 0 Å². The van der Waals surface area contributed by atoms with Crippen LogP contribution in [-0.2, 0) is 9.47 Å². The average Bonchev–Trinajstić information content (AvgIpc) is 3.21. The molecule has 6 nitrogen and oxygen atoms in total. The minimum absolute atomic E-state index is 0.0279. The highest BCUT2D eigenvalue weighted by Crippen LogP contribution is 2.26. The van der Waals surface area contributed by atoms with Crippen molar-refractivity contribution in [2.45, 2.75) is 44.7 Å². The third-order valence-corrected chi connectivity index (χ3v) is 6.13. The summed E-state index contributed by atoms with van der Waals surface area (Å²) in [6.07, 6.45) is 3.14. The fourth-order valence-electron chi connectivity index (χ4n) is 4.44. The van der Waals surface area contributed by atoms with E-state index in [1.54, 1.807) is 7.11 Å². The molecule has 2 fully saturated rings. The second-order valence-corrected chi connectivity index (χ2v) is 8.40. The van der Waals surface area contributed by atoms with Crippen molar-refractivity contribution >= 4 is 5.96 Å². The number of rotatable bonds is 8. The van der Waals surface area contributed by atoms with Gasteiger partial charge in [-0.1, -0.05) is 30.3 Å². The Morgan fingerprint density at radius 2 is 2.07 bits per heavy atom. The van der Waals surface area contributed by atoms with Crippen LogP contribution in [0.4, 0.5) is 0 Å². The number of likely N-dealkylation sites (tertiary alicyclic amines) is 1. The van der Waals surface area contributed by atoms with Crippen LogP contribution in [0.2, 0.25) is 0 Å². The second-order valence-electron chi connectivity index (χ2n) is 8.40. The van der Waals surface area contributed by atoms with E-state index in [9.17, 15) is 0 Å². The summed E-state index contributed by atoms with van der Waals surface area (Å²) >= 11 is 0. The molecule has 6 heteroatoms. The quantitative estimate of drug-likeness (QED) is 0.517. The molecule has 162 valence electrons. The Morgan fingerprint density at radius 3 is 2.76 bits per heavy atom. The van der Waals surface area contributed by atoms with Crippen LogP contribution >= 0.6 is 0 Å². The van der Waals surface area contributed by atoms with Gasteiger partial charge in [-0.15, -0.1) is 0 Å². The molecule has 2 unspecified atom stereocenters. The van der Waals surface area contributed by atoms with Gasteiger partial charge in [0, 0.05) is 57.5 Å². The van der Waals surface area contributed by atoms with Gasteiger partial charge in [-0.3, -0.25) is 4.99 Å². The highest BCUT2D eigenvalue weighted by molar-refractivity contribution is 5.80. The van der Waals surface area contributed by atoms with Crippen LogP contribution in [0.1, 0.15) is 44.7 Å². The monoisotopic (exact) mass is 402 g/mol. The first-order chi connectivity index (χ1) is 14.2. The van der Waals surface area contributed by atoms with Crippen molar-refractivity contribution in [3.63, 3.8) is 0 Å². The fraction of sp³-hybridized carbons (Fsp3) is 0.696. The molecule has 2 N–H and O–H groups in total. The van der Waals surface area contributed by atoms with Crippen LogP contribution in [0.5, 0.6) is 0 Å². The first-order valence-electron chi connectivity index (χ1n) is 11.1. The van der Waals surface area contributed by atoms with Crippen molar-refractivity contribution in [1.82, 2.24) is 15.5 Å². The van der Waals surface area contributed by atoms with E-state index in [-0.39, 0.29) is 11.6 Å². The SMILES string of the molecule is CCNC(=NCC1(NC(C)c2ccccc2)CCOCC1)N1CCC(COC)C1. The van der Waals surface area contributed by atoms with E-state index in [0.717, 1.165) is 64.8 Å². The number of guanidine groups is 1. The molecule has 0 spiro atoms. The molecular formula is C23H38N4O2. The number of ether oxygens (including phenoxy) is 2. The van der Waals surface area contributed by atoms with Crippen molar-refractivity contribution in [3.05, 3.63) is 35.9 Å². The molecule has 0 radical (unpaired) electrons. The van der Waals surface area contributed by atoms with Gasteiger partial charge in [0.05, 0.1) is 13.2 Å². The van der Waals surface area contributed by atoms with E-state index in [2.05, 4.69) is 59.7 Å². The van der Waals surface area contributed by atoms with Crippen LogP contribution in [-0.4, -0.2) is 69.5 Å². The van der Waals surface area contributed by atoms with E-state index in [0.29, 0.717) is 5.92 Å². The van der Waals surface area contributed by atoms with Gasteiger partial charge in [-0.25, -0.2) is 0 Å². The van der Waals surface area contributed by atoms with E-state index in [1.807, 2.05) is 0 Å². The summed E-state index contributed by atoms with van der Waals surface area (Å²) in [5.41, 5.74) is 1.29. The van der Waals surface area contributed by atoms with E-state index >= 15 is 0 Å². The molecule has 3 rings (SSSR count). The molecule has 1 aromatic carbocycles. The number of nitrogens with one attached hydrogen (secondary N) is 2. The third-order valence-electron chi connectivity index (χ3n) is 6.13. The summed E-state index contributed by atoms with van der Waals surface area (Å²) in [4.78, 5) is 7.49. The van der Waals surface area contributed by atoms with Crippen molar-refractivity contribution in [3.8, 4) is 0 Å². The predicted molar refractivity (Wildman–Crippen MR) is 118 cm³/mol. The molecular weight excluding hydrogens is 364 g/mol. The number of aliphatic imine (C=N–C) groups is 1. The molecule has 2 saturated heterocycles. The zero-order valence-electron chi connectivity index (χ0n) is 18.3. The van der Waals surface area contributed by atoms with Crippen LogP contribution in [0.15, 0.2) is 35.3 Å². The van der Waals surface area contributed by atoms with Crippen molar-refractivity contribution < 1.29 is 9.47 Å². The van der Waals surface area contributed by atoms with Gasteiger partial charge in [-0.05, 0) is 38.7 Å². The Bertz CT molecular complexity index is 631. The summed E-state index contributed by atoms with van der Waals surface area (Å²) in [5, 5.41) is 7.42. The van der Waals surface area contributed by atoms with E-state index in [1.165, 1.54) is 12.0 Å². The smallest absolute Gasteiger partial charge is 0.193 e. The van der Waals surface area contributed by atoms with Crippen LogP contribution in [0, 0.1) is 5.92 Å². The summed E-state index contributed by atoms with van der Waals surface area (Å²) in [6.45, 7) is 10.5.